The van der Waals surface area contributed by atoms with Gasteiger partial charge in [-0.1, -0.05) is 5.11 Å². The fourth-order valence-corrected chi connectivity index (χ4v) is 1.30. The topological polar surface area (TPSA) is 87.1 Å². The lowest BCUT2D eigenvalue weighted by molar-refractivity contribution is -0.145. The van der Waals surface area contributed by atoms with E-state index in [4.69, 9.17) is 10.3 Å². The average Bonchev–Trinajstić information content (AvgIpc) is 2.54. The molecule has 1 aliphatic rings. The fourth-order valence-electron chi connectivity index (χ4n) is 1.30. The summed E-state index contributed by atoms with van der Waals surface area (Å²) in [5.41, 5.74) is 8.17. The number of ether oxygens (including phenoxy) is 1. The van der Waals surface area contributed by atoms with E-state index in [1.165, 1.54) is 0 Å². The maximum atomic E-state index is 11.2. The van der Waals surface area contributed by atoms with Crippen molar-refractivity contribution in [2.24, 2.45) is 5.11 Å². The Bertz CT molecular complexity index is 237. The summed E-state index contributed by atoms with van der Waals surface area (Å²) in [6.45, 7) is 2.69. The van der Waals surface area contributed by atoms with E-state index in [2.05, 4.69) is 15.3 Å². The molecule has 1 saturated heterocycles. The van der Waals surface area contributed by atoms with Crippen molar-refractivity contribution in [3.05, 3.63) is 10.4 Å². The largest absolute Gasteiger partial charge is 0.465 e. The number of hydrogen-bond donors (Lipinski definition) is 1. The van der Waals surface area contributed by atoms with Crippen molar-refractivity contribution >= 4 is 5.97 Å². The third-order valence-corrected chi connectivity index (χ3v) is 1.89. The summed E-state index contributed by atoms with van der Waals surface area (Å²) in [4.78, 5) is 13.9. The molecule has 2 atom stereocenters. The molecule has 0 amide bonds. The highest BCUT2D eigenvalue weighted by Gasteiger charge is 2.29. The van der Waals surface area contributed by atoms with Gasteiger partial charge in [-0.15, -0.1) is 0 Å². The highest BCUT2D eigenvalue weighted by atomic mass is 16.5. The van der Waals surface area contributed by atoms with E-state index in [0.29, 0.717) is 19.6 Å². The van der Waals surface area contributed by atoms with E-state index < -0.39 is 0 Å². The summed E-state index contributed by atoms with van der Waals surface area (Å²) in [7, 11) is 0. The maximum absolute atomic E-state index is 11.2. The Morgan fingerprint density at radius 3 is 3.23 bits per heavy atom. The summed E-state index contributed by atoms with van der Waals surface area (Å²) >= 11 is 0. The van der Waals surface area contributed by atoms with Gasteiger partial charge in [0.05, 0.1) is 12.6 Å². The number of esters is 1. The van der Waals surface area contributed by atoms with Gasteiger partial charge in [-0.3, -0.25) is 4.79 Å². The Balaban J connectivity index is 2.40. The number of nitrogens with zero attached hydrogens (tertiary/aromatic N) is 3. The lowest BCUT2D eigenvalue weighted by Gasteiger charge is -2.07. The molecule has 0 saturated carbocycles. The first-order valence-electron chi connectivity index (χ1n) is 4.22. The highest BCUT2D eigenvalue weighted by Crippen LogP contribution is 2.11. The lowest BCUT2D eigenvalue weighted by atomic mass is 10.2. The van der Waals surface area contributed by atoms with Crippen LogP contribution in [-0.2, 0) is 9.53 Å². The van der Waals surface area contributed by atoms with Gasteiger partial charge in [-0.2, -0.15) is 0 Å². The van der Waals surface area contributed by atoms with Gasteiger partial charge in [0.2, 0.25) is 0 Å². The van der Waals surface area contributed by atoms with Crippen LogP contribution in [0.2, 0.25) is 0 Å². The molecule has 0 aromatic carbocycles. The molecule has 0 aromatic rings. The van der Waals surface area contributed by atoms with Crippen LogP contribution in [0.4, 0.5) is 0 Å². The third-order valence-electron chi connectivity index (χ3n) is 1.89. The number of carbonyl (C=O) groups excluding carboxylic acids is 1. The van der Waals surface area contributed by atoms with Gasteiger partial charge in [-0.05, 0) is 18.9 Å². The van der Waals surface area contributed by atoms with Crippen LogP contribution >= 0.6 is 0 Å². The molecular formula is C7H12N4O2. The van der Waals surface area contributed by atoms with Crippen molar-refractivity contribution in [2.45, 2.75) is 25.4 Å². The van der Waals surface area contributed by atoms with Gasteiger partial charge in [-0.25, -0.2) is 0 Å². The first-order chi connectivity index (χ1) is 6.27. The normalized spacial score (nSPS) is 26.5. The second-order valence-electron chi connectivity index (χ2n) is 2.81. The molecule has 72 valence electrons. The summed E-state index contributed by atoms with van der Waals surface area (Å²) in [6.07, 6.45) is 0.531. The smallest absolute Gasteiger partial charge is 0.323 e. The van der Waals surface area contributed by atoms with E-state index in [9.17, 15) is 4.79 Å². The molecule has 1 N–H and O–H groups in total. The van der Waals surface area contributed by atoms with Crippen LogP contribution in [0, 0.1) is 0 Å². The molecule has 1 rings (SSSR count). The van der Waals surface area contributed by atoms with Crippen LogP contribution in [-0.4, -0.2) is 31.2 Å². The Labute approximate surface area is 75.9 Å². The molecule has 1 heterocycles. The van der Waals surface area contributed by atoms with Crippen molar-refractivity contribution in [3.8, 4) is 0 Å². The van der Waals surface area contributed by atoms with Gasteiger partial charge in [0.1, 0.15) is 6.04 Å². The molecule has 6 nitrogen and oxygen atoms in total. The van der Waals surface area contributed by atoms with Crippen LogP contribution in [0.1, 0.15) is 13.3 Å². The predicted octanol–water partition coefficient (Wildman–Crippen LogP) is 0.590. The zero-order valence-corrected chi connectivity index (χ0v) is 7.43. The number of hydrogen-bond acceptors (Lipinski definition) is 4. The van der Waals surface area contributed by atoms with Crippen molar-refractivity contribution < 1.29 is 9.53 Å². The standard InChI is InChI=1S/C7H12N4O2/c1-2-13-7(12)6-3-5(4-9-6)10-11-8/h5-6,9H,2-4H2,1H3/t5-,6+/m0/s1. The van der Waals surface area contributed by atoms with Crippen molar-refractivity contribution in [2.75, 3.05) is 13.2 Å². The Kier molecular flexibility index (Phi) is 3.54. The van der Waals surface area contributed by atoms with Crippen LogP contribution in [0.3, 0.4) is 0 Å². The second kappa shape index (κ2) is 4.69. The first-order valence-corrected chi connectivity index (χ1v) is 4.22. The molecule has 6 heteroatoms. The summed E-state index contributed by atoms with van der Waals surface area (Å²) in [5, 5.41) is 6.46. The van der Waals surface area contributed by atoms with Crippen LogP contribution in [0.5, 0.6) is 0 Å². The quantitative estimate of drug-likeness (QED) is 0.301. The molecule has 0 bridgehead atoms. The van der Waals surface area contributed by atoms with Crippen LogP contribution in [0.25, 0.3) is 10.4 Å². The van der Waals surface area contributed by atoms with E-state index in [1.807, 2.05) is 0 Å². The van der Waals surface area contributed by atoms with E-state index in [1.54, 1.807) is 6.92 Å². The molecule has 13 heavy (non-hydrogen) atoms. The zero-order valence-electron chi connectivity index (χ0n) is 7.43. The minimum absolute atomic E-state index is 0.126. The van der Waals surface area contributed by atoms with Gasteiger partial charge >= 0.3 is 5.97 Å². The molecule has 1 fully saturated rings. The Morgan fingerprint density at radius 1 is 1.85 bits per heavy atom. The number of rotatable bonds is 3. The van der Waals surface area contributed by atoms with Gasteiger partial charge < -0.3 is 10.1 Å². The Morgan fingerprint density at radius 2 is 2.62 bits per heavy atom. The number of carbonyl (C=O) groups is 1. The van der Waals surface area contributed by atoms with Gasteiger partial charge in [0.25, 0.3) is 0 Å². The molecule has 0 aromatic heterocycles. The van der Waals surface area contributed by atoms with Crippen molar-refractivity contribution in [3.63, 3.8) is 0 Å². The SMILES string of the molecule is CCOC(=O)[C@H]1C[C@H](N=[N+]=[N-])CN1. The minimum atomic E-state index is -0.310. The summed E-state index contributed by atoms with van der Waals surface area (Å²) < 4.78 is 4.82. The van der Waals surface area contributed by atoms with Crippen LogP contribution in [0.15, 0.2) is 5.11 Å². The molecule has 0 unspecified atom stereocenters. The molecular weight excluding hydrogens is 172 g/mol. The molecule has 0 aliphatic carbocycles. The fraction of sp³-hybridized carbons (Fsp3) is 0.857. The second-order valence-corrected chi connectivity index (χ2v) is 2.81. The Hall–Kier alpha value is -1.26. The number of nitrogens with one attached hydrogen (secondary N) is 1. The van der Waals surface area contributed by atoms with E-state index in [0.717, 1.165) is 0 Å². The molecule has 0 spiro atoms. The van der Waals surface area contributed by atoms with Crippen molar-refractivity contribution in [1.82, 2.24) is 5.32 Å². The minimum Gasteiger partial charge on any atom is -0.465 e. The lowest BCUT2D eigenvalue weighted by Crippen LogP contribution is -2.32. The third kappa shape index (κ3) is 2.61. The average molecular weight is 184 g/mol. The highest BCUT2D eigenvalue weighted by molar-refractivity contribution is 5.76. The predicted molar refractivity (Wildman–Crippen MR) is 46.0 cm³/mol. The zero-order chi connectivity index (χ0) is 9.68. The van der Waals surface area contributed by atoms with E-state index >= 15 is 0 Å². The van der Waals surface area contributed by atoms with Gasteiger partial charge in [0, 0.05) is 11.5 Å². The maximum Gasteiger partial charge on any atom is 0.323 e. The van der Waals surface area contributed by atoms with Gasteiger partial charge in [0.15, 0.2) is 0 Å². The first kappa shape index (κ1) is 9.83. The summed E-state index contributed by atoms with van der Waals surface area (Å²) in [6, 6.07) is -0.435. The summed E-state index contributed by atoms with van der Waals surface area (Å²) in [5.74, 6) is -0.266. The van der Waals surface area contributed by atoms with E-state index in [-0.39, 0.29) is 18.1 Å². The monoisotopic (exact) mass is 184 g/mol. The molecule has 1 aliphatic heterocycles. The van der Waals surface area contributed by atoms with Crippen molar-refractivity contribution in [1.29, 1.82) is 0 Å². The van der Waals surface area contributed by atoms with Crippen LogP contribution < -0.4 is 5.32 Å². The number of azide groups is 1. The molecule has 0 radical (unpaired) electrons.